The minimum absolute atomic E-state index is 0. The molecule has 3 rings (SSSR count). The third-order valence-electron chi connectivity index (χ3n) is 6.19. The van der Waals surface area contributed by atoms with E-state index in [-0.39, 0.29) is 30.1 Å². The molecule has 0 aliphatic carbocycles. The van der Waals surface area contributed by atoms with Gasteiger partial charge in [-0.25, -0.2) is 12.7 Å². The molecule has 0 spiro atoms. The van der Waals surface area contributed by atoms with Crippen LogP contribution in [0.5, 0.6) is 0 Å². The number of carbonyl (C=O) groups is 2. The second-order valence-electron chi connectivity index (χ2n) is 8.95. The molecule has 2 heterocycles. The summed E-state index contributed by atoms with van der Waals surface area (Å²) in [6.45, 7) is 8.26. The summed E-state index contributed by atoms with van der Waals surface area (Å²) in [5.74, 6) is -1.07. The van der Waals surface area contributed by atoms with Crippen molar-refractivity contribution in [2.45, 2.75) is 52.2 Å². The Morgan fingerprint density at radius 1 is 1.23 bits per heavy atom. The predicted molar refractivity (Wildman–Crippen MR) is 124 cm³/mol. The summed E-state index contributed by atoms with van der Waals surface area (Å²) in [4.78, 5) is 30.2. The van der Waals surface area contributed by atoms with Crippen molar-refractivity contribution in [1.82, 2.24) is 14.1 Å². The van der Waals surface area contributed by atoms with Gasteiger partial charge in [-0.05, 0) is 50.0 Å². The van der Waals surface area contributed by atoms with Crippen LogP contribution in [-0.4, -0.2) is 72.8 Å². The predicted octanol–water partition coefficient (Wildman–Crippen LogP) is 2.61. The average molecular weight is 472 g/mol. The SMILES string of the molecule is CCCN(C)Cc1ccc(C(=O)N2CCC3C2C(C(C)C)C(=O)N3S(C)(=O)=O)cc1.Cl. The molecule has 0 bridgehead atoms. The number of rotatable bonds is 7. The van der Waals surface area contributed by atoms with Crippen molar-refractivity contribution in [3.05, 3.63) is 35.4 Å². The summed E-state index contributed by atoms with van der Waals surface area (Å²) in [6.07, 6.45) is 2.65. The highest BCUT2D eigenvalue weighted by Gasteiger charge is 2.58. The Bertz CT molecular complexity index is 904. The molecule has 3 unspecified atom stereocenters. The van der Waals surface area contributed by atoms with Gasteiger partial charge in [0.1, 0.15) is 0 Å². The van der Waals surface area contributed by atoms with E-state index >= 15 is 0 Å². The average Bonchev–Trinajstić information content (AvgIpc) is 3.17. The molecule has 7 nitrogen and oxygen atoms in total. The van der Waals surface area contributed by atoms with Crippen molar-refractivity contribution in [2.24, 2.45) is 11.8 Å². The van der Waals surface area contributed by atoms with E-state index in [0.717, 1.165) is 35.6 Å². The van der Waals surface area contributed by atoms with Crippen LogP contribution in [0.2, 0.25) is 0 Å². The largest absolute Gasteiger partial charge is 0.333 e. The topological polar surface area (TPSA) is 78.0 Å². The number of carbonyl (C=O) groups excluding carboxylic acids is 2. The van der Waals surface area contributed by atoms with Crippen LogP contribution in [0.15, 0.2) is 24.3 Å². The van der Waals surface area contributed by atoms with Crippen LogP contribution >= 0.6 is 12.4 Å². The number of likely N-dealkylation sites (tertiary alicyclic amines) is 1. The first-order valence-corrected chi connectivity index (χ1v) is 12.5. The fraction of sp³-hybridized carbons (Fsp3) is 0.636. The van der Waals surface area contributed by atoms with Crippen molar-refractivity contribution in [2.75, 3.05) is 26.4 Å². The van der Waals surface area contributed by atoms with E-state index < -0.39 is 28.0 Å². The smallest absolute Gasteiger partial charge is 0.254 e. The molecule has 2 saturated heterocycles. The van der Waals surface area contributed by atoms with Gasteiger partial charge in [0, 0.05) is 18.7 Å². The zero-order chi connectivity index (χ0) is 22.2. The Balaban J connectivity index is 0.00000341. The highest BCUT2D eigenvalue weighted by Crippen LogP contribution is 2.41. The van der Waals surface area contributed by atoms with E-state index in [4.69, 9.17) is 0 Å². The van der Waals surface area contributed by atoms with Gasteiger partial charge in [0.2, 0.25) is 15.9 Å². The summed E-state index contributed by atoms with van der Waals surface area (Å²) in [6, 6.07) is 6.73. The van der Waals surface area contributed by atoms with Crippen LogP contribution in [0.4, 0.5) is 0 Å². The molecule has 3 atom stereocenters. The number of sulfonamides is 1. The van der Waals surface area contributed by atoms with E-state index in [1.165, 1.54) is 0 Å². The lowest BCUT2D eigenvalue weighted by Gasteiger charge is -2.29. The second kappa shape index (κ2) is 9.88. The van der Waals surface area contributed by atoms with E-state index in [1.807, 2.05) is 38.1 Å². The van der Waals surface area contributed by atoms with Crippen molar-refractivity contribution in [3.63, 3.8) is 0 Å². The third kappa shape index (κ3) is 5.07. The Hall–Kier alpha value is -1.64. The van der Waals surface area contributed by atoms with Crippen LogP contribution in [0.25, 0.3) is 0 Å². The quantitative estimate of drug-likeness (QED) is 0.610. The summed E-state index contributed by atoms with van der Waals surface area (Å²) >= 11 is 0. The number of amides is 2. The first-order valence-electron chi connectivity index (χ1n) is 10.7. The number of benzene rings is 1. The fourth-order valence-electron chi connectivity index (χ4n) is 4.96. The molecule has 0 saturated carbocycles. The normalized spacial score (nSPS) is 23.5. The lowest BCUT2D eigenvalue weighted by Crippen LogP contribution is -2.44. The Kier molecular flexibility index (Phi) is 8.16. The summed E-state index contributed by atoms with van der Waals surface area (Å²) < 4.78 is 25.6. The molecule has 31 heavy (non-hydrogen) atoms. The van der Waals surface area contributed by atoms with Crippen molar-refractivity contribution < 1.29 is 18.0 Å². The van der Waals surface area contributed by atoms with Crippen molar-refractivity contribution in [3.8, 4) is 0 Å². The molecule has 0 N–H and O–H groups in total. The van der Waals surface area contributed by atoms with Gasteiger partial charge in [0.15, 0.2) is 0 Å². The molecular weight excluding hydrogens is 438 g/mol. The molecule has 2 aliphatic heterocycles. The molecule has 1 aromatic rings. The summed E-state index contributed by atoms with van der Waals surface area (Å²) in [5.41, 5.74) is 1.71. The molecule has 2 aliphatic rings. The number of fused-ring (bicyclic) bond motifs is 1. The third-order valence-corrected chi connectivity index (χ3v) is 7.35. The van der Waals surface area contributed by atoms with Gasteiger partial charge in [-0.2, -0.15) is 0 Å². The van der Waals surface area contributed by atoms with E-state index in [9.17, 15) is 18.0 Å². The van der Waals surface area contributed by atoms with Gasteiger partial charge in [0.25, 0.3) is 5.91 Å². The van der Waals surface area contributed by atoms with Crippen molar-refractivity contribution in [1.29, 1.82) is 0 Å². The van der Waals surface area contributed by atoms with Gasteiger partial charge in [-0.3, -0.25) is 9.59 Å². The highest BCUT2D eigenvalue weighted by molar-refractivity contribution is 7.88. The highest BCUT2D eigenvalue weighted by atomic mass is 35.5. The zero-order valence-corrected chi connectivity index (χ0v) is 20.6. The van der Waals surface area contributed by atoms with Crippen molar-refractivity contribution >= 4 is 34.2 Å². The zero-order valence-electron chi connectivity index (χ0n) is 18.9. The van der Waals surface area contributed by atoms with Crippen LogP contribution in [0.1, 0.15) is 49.5 Å². The lowest BCUT2D eigenvalue weighted by atomic mass is 9.88. The van der Waals surface area contributed by atoms with Gasteiger partial charge in [-0.15, -0.1) is 12.4 Å². The molecular formula is C22H34ClN3O4S. The Morgan fingerprint density at radius 2 is 1.84 bits per heavy atom. The number of halogens is 1. The summed E-state index contributed by atoms with van der Waals surface area (Å²) in [7, 11) is -1.59. The van der Waals surface area contributed by atoms with Crippen LogP contribution in [0, 0.1) is 11.8 Å². The second-order valence-corrected chi connectivity index (χ2v) is 10.8. The van der Waals surface area contributed by atoms with Crippen LogP contribution in [-0.2, 0) is 21.4 Å². The van der Waals surface area contributed by atoms with Gasteiger partial charge >= 0.3 is 0 Å². The molecule has 9 heteroatoms. The van der Waals surface area contributed by atoms with Gasteiger partial charge in [0.05, 0.1) is 24.3 Å². The maximum atomic E-state index is 13.3. The molecule has 0 aromatic heterocycles. The molecule has 0 radical (unpaired) electrons. The maximum absolute atomic E-state index is 13.3. The standard InChI is InChI=1S/C22H33N3O4S.ClH/c1-6-12-23(4)14-16-7-9-17(10-8-16)21(26)24-13-11-18-20(24)19(15(2)3)22(27)25(18)30(5,28)29;/h7-10,15,18-20H,6,11-14H2,1-5H3;1H. The van der Waals surface area contributed by atoms with Crippen LogP contribution < -0.4 is 0 Å². The van der Waals surface area contributed by atoms with E-state index in [0.29, 0.717) is 18.5 Å². The number of hydrogen-bond acceptors (Lipinski definition) is 5. The monoisotopic (exact) mass is 471 g/mol. The molecule has 2 fully saturated rings. The Labute approximate surface area is 192 Å². The maximum Gasteiger partial charge on any atom is 0.254 e. The van der Waals surface area contributed by atoms with E-state index in [1.54, 1.807) is 4.90 Å². The summed E-state index contributed by atoms with van der Waals surface area (Å²) in [5, 5.41) is 0. The van der Waals surface area contributed by atoms with E-state index in [2.05, 4.69) is 18.9 Å². The van der Waals surface area contributed by atoms with Gasteiger partial charge in [-0.1, -0.05) is 32.9 Å². The first-order chi connectivity index (χ1) is 14.1. The number of nitrogens with zero attached hydrogens (tertiary/aromatic N) is 3. The fourth-order valence-corrected chi connectivity index (χ4v) is 6.13. The van der Waals surface area contributed by atoms with Gasteiger partial charge < -0.3 is 9.80 Å². The minimum Gasteiger partial charge on any atom is -0.333 e. The molecule has 2 amide bonds. The van der Waals surface area contributed by atoms with Crippen LogP contribution in [0.3, 0.4) is 0 Å². The first kappa shape index (κ1) is 25.6. The minimum atomic E-state index is -3.67. The molecule has 174 valence electrons. The molecule has 1 aromatic carbocycles. The Morgan fingerprint density at radius 3 is 2.35 bits per heavy atom. The lowest BCUT2D eigenvalue weighted by molar-refractivity contribution is -0.129. The number of hydrogen-bond donors (Lipinski definition) is 0.